The van der Waals surface area contributed by atoms with E-state index in [0.717, 1.165) is 0 Å². The van der Waals surface area contributed by atoms with Crippen LogP contribution in [0.4, 0.5) is 0 Å². The van der Waals surface area contributed by atoms with Crippen molar-refractivity contribution in [2.24, 2.45) is 11.5 Å². The van der Waals surface area contributed by atoms with E-state index >= 15 is 0 Å². The molecule has 0 saturated carbocycles. The molecule has 0 aliphatic carbocycles. The summed E-state index contributed by atoms with van der Waals surface area (Å²) in [5, 5.41) is 41.3. The summed E-state index contributed by atoms with van der Waals surface area (Å²) in [6, 6.07) is 0. The molecule has 0 atom stereocenters. The molecule has 11 nitrogen and oxygen atoms in total. The average Bonchev–Trinajstić information content (AvgIpc) is 2.23. The first kappa shape index (κ1) is 24.5. The third-order valence-electron chi connectivity index (χ3n) is 1.50. The number of aliphatic carboxylic acids is 3. The van der Waals surface area contributed by atoms with Crippen molar-refractivity contribution < 1.29 is 33.9 Å². The standard InChI is InChI=1S/C7H7NO7S.CH5N3.Na.H/c8-3-16-15-7(6(13)14,1-4(9)10)2-5(11)12;2-1(3)4;;/h1-2H2,(H,9,10)(H,11,12)(H,13,14);(H5,2,3,4);;. The maximum absolute atomic E-state index is 10.8. The number of nitriles is 1. The monoisotopic (exact) mass is 332 g/mol. The van der Waals surface area contributed by atoms with Crippen LogP contribution in [-0.2, 0) is 18.6 Å². The summed E-state index contributed by atoms with van der Waals surface area (Å²) >= 11 is 0.0254. The van der Waals surface area contributed by atoms with Gasteiger partial charge in [0, 0.05) is 0 Å². The first-order chi connectivity index (χ1) is 9.07. The van der Waals surface area contributed by atoms with Crippen molar-refractivity contribution in [1.82, 2.24) is 0 Å². The topological polar surface area (TPSA) is 221 Å². The number of guanidine groups is 1. The molecule has 0 amide bonds. The van der Waals surface area contributed by atoms with E-state index in [1.54, 1.807) is 0 Å². The predicted molar refractivity (Wildman–Crippen MR) is 72.4 cm³/mol. The molecule has 0 aromatic carbocycles. The van der Waals surface area contributed by atoms with Gasteiger partial charge in [-0.3, -0.25) is 19.2 Å². The van der Waals surface area contributed by atoms with Crippen molar-refractivity contribution in [3.8, 4) is 5.40 Å². The van der Waals surface area contributed by atoms with Crippen LogP contribution in [0.5, 0.6) is 0 Å². The fourth-order valence-electron chi connectivity index (χ4n) is 0.895. The Labute approximate surface area is 145 Å². The molecule has 0 saturated heterocycles. The number of hydrogen-bond acceptors (Lipinski definition) is 7. The van der Waals surface area contributed by atoms with Crippen molar-refractivity contribution in [2.75, 3.05) is 0 Å². The van der Waals surface area contributed by atoms with E-state index < -0.39 is 36.4 Å². The van der Waals surface area contributed by atoms with E-state index in [1.807, 2.05) is 0 Å². The number of rotatable bonds is 7. The molecule has 21 heavy (non-hydrogen) atoms. The molecule has 0 rings (SSSR count). The summed E-state index contributed by atoms with van der Waals surface area (Å²) < 4.78 is 4.46. The third kappa shape index (κ3) is 13.2. The van der Waals surface area contributed by atoms with Crippen molar-refractivity contribution >= 4 is 65.5 Å². The Kier molecular flexibility index (Phi) is 14.3. The second-order valence-electron chi connectivity index (χ2n) is 3.15. The number of hydrogen-bond donors (Lipinski definition) is 6. The Hall–Kier alpha value is -1.52. The summed E-state index contributed by atoms with van der Waals surface area (Å²) in [5.74, 6) is -5.16. The Balaban J connectivity index is -0.000000572. The average molecular weight is 332 g/mol. The van der Waals surface area contributed by atoms with Gasteiger partial charge >= 0.3 is 47.5 Å². The molecule has 0 aliphatic rings. The summed E-state index contributed by atoms with van der Waals surface area (Å²) in [4.78, 5) is 31.7. The van der Waals surface area contributed by atoms with Gasteiger partial charge in [0.2, 0.25) is 5.60 Å². The number of carbonyl (C=O) groups is 3. The zero-order valence-electron chi connectivity index (χ0n) is 9.90. The van der Waals surface area contributed by atoms with Crippen LogP contribution in [0.2, 0.25) is 0 Å². The number of nitrogens with one attached hydrogen (secondary N) is 1. The van der Waals surface area contributed by atoms with Gasteiger partial charge in [0.05, 0.1) is 12.8 Å². The first-order valence-electron chi connectivity index (χ1n) is 4.57. The first-order valence-corrected chi connectivity index (χ1v) is 5.31. The predicted octanol–water partition coefficient (Wildman–Crippen LogP) is -1.90. The molecular weight excluding hydrogens is 319 g/mol. The van der Waals surface area contributed by atoms with Crippen LogP contribution in [0.1, 0.15) is 12.8 Å². The summed E-state index contributed by atoms with van der Waals surface area (Å²) in [5.41, 5.74) is 6.50. The third-order valence-corrected chi connectivity index (χ3v) is 1.98. The maximum atomic E-state index is 10.8. The normalized spacial score (nSPS) is 9.10. The molecule has 0 aromatic rings. The van der Waals surface area contributed by atoms with Crippen molar-refractivity contribution in [2.45, 2.75) is 18.4 Å². The minimum atomic E-state index is -2.45. The van der Waals surface area contributed by atoms with Gasteiger partial charge in [-0.15, -0.1) is 0 Å². The molecule has 114 valence electrons. The van der Waals surface area contributed by atoms with Crippen LogP contribution in [0.15, 0.2) is 0 Å². The van der Waals surface area contributed by atoms with Gasteiger partial charge in [-0.25, -0.2) is 4.79 Å². The van der Waals surface area contributed by atoms with Crippen molar-refractivity contribution in [3.63, 3.8) is 0 Å². The van der Waals surface area contributed by atoms with Gasteiger partial charge in [-0.05, 0) is 0 Å². The molecule has 0 spiro atoms. The molecular formula is C8H13N4NaO7S. The van der Waals surface area contributed by atoms with Crippen LogP contribution in [0.25, 0.3) is 0 Å². The van der Waals surface area contributed by atoms with Gasteiger partial charge in [0.25, 0.3) is 0 Å². The van der Waals surface area contributed by atoms with Gasteiger partial charge in [0.15, 0.2) is 11.4 Å². The van der Waals surface area contributed by atoms with Gasteiger partial charge in [-0.2, -0.15) is 5.26 Å². The number of nitrogens with two attached hydrogens (primary N) is 2. The Morgan fingerprint density at radius 2 is 1.52 bits per heavy atom. The molecule has 0 heterocycles. The van der Waals surface area contributed by atoms with Crippen LogP contribution in [0.3, 0.4) is 0 Å². The van der Waals surface area contributed by atoms with Gasteiger partial charge < -0.3 is 26.8 Å². The van der Waals surface area contributed by atoms with Gasteiger partial charge in [0.1, 0.15) is 12.0 Å². The van der Waals surface area contributed by atoms with E-state index in [9.17, 15) is 14.4 Å². The number of nitrogens with zero attached hydrogens (tertiary/aromatic N) is 1. The van der Waals surface area contributed by atoms with Crippen LogP contribution in [-0.4, -0.2) is 74.3 Å². The van der Waals surface area contributed by atoms with Crippen molar-refractivity contribution in [1.29, 1.82) is 10.7 Å². The molecule has 0 unspecified atom stereocenters. The van der Waals surface area contributed by atoms with Crippen LogP contribution < -0.4 is 11.5 Å². The summed E-state index contributed by atoms with van der Waals surface area (Å²) in [7, 11) is 0. The zero-order valence-corrected chi connectivity index (χ0v) is 10.7. The second-order valence-corrected chi connectivity index (χ2v) is 3.67. The molecule has 0 aliphatic heterocycles. The number of thiocyanates is 1. The van der Waals surface area contributed by atoms with Gasteiger partial charge in [-0.1, -0.05) is 0 Å². The van der Waals surface area contributed by atoms with Crippen LogP contribution in [0, 0.1) is 16.1 Å². The van der Waals surface area contributed by atoms with E-state index in [4.69, 9.17) is 26.0 Å². The molecule has 0 radical (unpaired) electrons. The number of carboxylic acid groups (broad SMARTS) is 3. The molecule has 13 heteroatoms. The molecule has 0 bridgehead atoms. The van der Waals surface area contributed by atoms with E-state index in [1.165, 1.54) is 5.40 Å². The minimum absolute atomic E-state index is 0. The quantitative estimate of drug-likeness (QED) is 0.0992. The Morgan fingerprint density at radius 1 is 1.19 bits per heavy atom. The molecule has 0 aromatic heterocycles. The fraction of sp³-hybridized carbons (Fsp3) is 0.375. The molecule has 0 fully saturated rings. The zero-order chi connectivity index (χ0) is 16.3. The van der Waals surface area contributed by atoms with E-state index in [-0.39, 0.29) is 47.6 Å². The molecule has 8 N–H and O–H groups in total. The van der Waals surface area contributed by atoms with Crippen molar-refractivity contribution in [3.05, 3.63) is 0 Å². The second kappa shape index (κ2) is 12.2. The SMILES string of the molecule is N#CSOC(CC(=O)O)(CC(=O)O)C(=O)O.N=C(N)N.[NaH]. The Morgan fingerprint density at radius 3 is 1.71 bits per heavy atom. The fourth-order valence-corrected chi connectivity index (χ4v) is 1.28. The summed E-state index contributed by atoms with van der Waals surface area (Å²) in [6.45, 7) is 0. The Bertz CT molecular complexity index is 419. The number of carboxylic acids is 3. The summed E-state index contributed by atoms with van der Waals surface area (Å²) in [6.07, 6.45) is -2.10. The van der Waals surface area contributed by atoms with E-state index in [0.29, 0.717) is 0 Å². The van der Waals surface area contributed by atoms with E-state index in [2.05, 4.69) is 15.7 Å². The van der Waals surface area contributed by atoms with Crippen LogP contribution >= 0.6 is 12.0 Å².